The van der Waals surface area contributed by atoms with Crippen LogP contribution in [0.1, 0.15) is 57.9 Å². The van der Waals surface area contributed by atoms with E-state index in [0.29, 0.717) is 5.92 Å². The first kappa shape index (κ1) is 16.2. The Kier molecular flexibility index (Phi) is 5.15. The van der Waals surface area contributed by atoms with Crippen molar-refractivity contribution in [2.75, 3.05) is 0 Å². The summed E-state index contributed by atoms with van der Waals surface area (Å²) in [6.07, 6.45) is 3.67. The molecule has 0 aliphatic heterocycles. The fourth-order valence-electron chi connectivity index (χ4n) is 2.74. The molecule has 0 unspecified atom stereocenters. The molecule has 1 fully saturated rings. The average Bonchev–Trinajstić information content (AvgIpc) is 2.38. The fraction of sp³-hybridized carbons (Fsp3) is 0.588. The molecule has 2 rings (SSSR count). The largest absolute Gasteiger partial charge is 0.446 e. The second-order valence-electron chi connectivity index (χ2n) is 6.81. The van der Waals surface area contributed by atoms with Crippen LogP contribution in [0.2, 0.25) is 5.02 Å². The Hall–Kier alpha value is -1.22. The van der Waals surface area contributed by atoms with Crippen LogP contribution in [-0.4, -0.2) is 17.7 Å². The van der Waals surface area contributed by atoms with Gasteiger partial charge >= 0.3 is 6.09 Å². The Bertz CT molecular complexity index is 471. The molecule has 0 aromatic heterocycles. The summed E-state index contributed by atoms with van der Waals surface area (Å²) in [5.41, 5.74) is 1.08. The van der Waals surface area contributed by atoms with Gasteiger partial charge in [0.05, 0.1) is 0 Å². The zero-order valence-corrected chi connectivity index (χ0v) is 13.7. The Morgan fingerprint density at radius 2 is 1.71 bits per heavy atom. The highest BCUT2D eigenvalue weighted by Crippen LogP contribution is 2.34. The van der Waals surface area contributed by atoms with Crippen LogP contribution < -0.4 is 5.32 Å². The van der Waals surface area contributed by atoms with Crippen LogP contribution in [0.3, 0.4) is 0 Å². The van der Waals surface area contributed by atoms with E-state index in [1.807, 2.05) is 32.9 Å². The molecule has 4 heteroatoms. The molecule has 0 saturated heterocycles. The number of nitrogens with one attached hydrogen (secondary N) is 1. The lowest BCUT2D eigenvalue weighted by molar-refractivity contribution is 0.0666. The maximum atomic E-state index is 11.8. The molecule has 0 bridgehead atoms. The molecule has 1 saturated carbocycles. The quantitative estimate of drug-likeness (QED) is 0.844. The molecule has 3 nitrogen and oxygen atoms in total. The van der Waals surface area contributed by atoms with Crippen molar-refractivity contribution < 1.29 is 9.53 Å². The second-order valence-corrected chi connectivity index (χ2v) is 7.24. The van der Waals surface area contributed by atoms with Gasteiger partial charge in [-0.2, -0.15) is 0 Å². The highest BCUT2D eigenvalue weighted by atomic mass is 35.5. The first-order valence-electron chi connectivity index (χ1n) is 7.58. The van der Waals surface area contributed by atoms with Crippen molar-refractivity contribution in [2.45, 2.75) is 64.0 Å². The summed E-state index contributed by atoms with van der Waals surface area (Å²) in [6, 6.07) is 8.08. The minimum atomic E-state index is -0.308. The molecule has 1 amide bonds. The van der Waals surface area contributed by atoms with Gasteiger partial charge in [0.2, 0.25) is 0 Å². The van der Waals surface area contributed by atoms with E-state index in [2.05, 4.69) is 17.4 Å². The van der Waals surface area contributed by atoms with Gasteiger partial charge in [0, 0.05) is 10.6 Å². The molecule has 116 valence electrons. The van der Waals surface area contributed by atoms with E-state index in [0.717, 1.165) is 30.7 Å². The predicted octanol–water partition coefficient (Wildman–Crippen LogP) is 4.89. The summed E-state index contributed by atoms with van der Waals surface area (Å²) in [4.78, 5) is 11.8. The first-order chi connectivity index (χ1) is 9.83. The minimum Gasteiger partial charge on any atom is -0.446 e. The first-order valence-corrected chi connectivity index (χ1v) is 7.95. The molecule has 1 aliphatic rings. The number of benzene rings is 1. The number of hydrogen-bond donors (Lipinski definition) is 1. The molecule has 1 aliphatic carbocycles. The van der Waals surface area contributed by atoms with Crippen LogP contribution in [-0.2, 0) is 4.74 Å². The number of alkyl carbamates (subject to hydrolysis) is 1. The van der Waals surface area contributed by atoms with Gasteiger partial charge in [-0.3, -0.25) is 0 Å². The lowest BCUT2D eigenvalue weighted by Crippen LogP contribution is -2.42. The average molecular weight is 310 g/mol. The van der Waals surface area contributed by atoms with Crippen LogP contribution in [0.15, 0.2) is 24.3 Å². The van der Waals surface area contributed by atoms with E-state index in [1.54, 1.807) is 0 Å². The van der Waals surface area contributed by atoms with E-state index in [1.165, 1.54) is 5.56 Å². The van der Waals surface area contributed by atoms with Gasteiger partial charge in [-0.25, -0.2) is 4.79 Å². The Balaban J connectivity index is 1.80. The molecular formula is C17H24ClNO2. The second kappa shape index (κ2) is 6.69. The lowest BCUT2D eigenvalue weighted by atomic mass is 9.83. The van der Waals surface area contributed by atoms with E-state index >= 15 is 0 Å². The number of amides is 1. The van der Waals surface area contributed by atoms with Crippen LogP contribution >= 0.6 is 11.6 Å². The van der Waals surface area contributed by atoms with Crippen molar-refractivity contribution in [3.63, 3.8) is 0 Å². The fourth-order valence-corrected chi connectivity index (χ4v) is 2.86. The maximum Gasteiger partial charge on any atom is 0.407 e. The van der Waals surface area contributed by atoms with Gasteiger partial charge in [0.25, 0.3) is 0 Å². The van der Waals surface area contributed by atoms with Gasteiger partial charge in [-0.1, -0.05) is 23.7 Å². The van der Waals surface area contributed by atoms with Gasteiger partial charge in [-0.15, -0.1) is 0 Å². The number of halogens is 1. The van der Waals surface area contributed by atoms with Gasteiger partial charge in [0.15, 0.2) is 0 Å². The number of hydrogen-bond acceptors (Lipinski definition) is 2. The highest BCUT2D eigenvalue weighted by Gasteiger charge is 2.26. The van der Waals surface area contributed by atoms with Crippen LogP contribution in [0.25, 0.3) is 0 Å². The van der Waals surface area contributed by atoms with Crippen molar-refractivity contribution >= 4 is 17.7 Å². The summed E-state index contributed by atoms with van der Waals surface area (Å²) in [6.45, 7) is 5.85. The normalized spacial score (nSPS) is 22.7. The molecule has 1 N–H and O–H groups in total. The molecule has 1 aromatic rings. The topological polar surface area (TPSA) is 38.3 Å². The number of rotatable bonds is 2. The molecular weight excluding hydrogens is 286 g/mol. The van der Waals surface area contributed by atoms with Crippen molar-refractivity contribution in [1.82, 2.24) is 5.32 Å². The third kappa shape index (κ3) is 5.24. The van der Waals surface area contributed by atoms with Crippen molar-refractivity contribution in [3.8, 4) is 0 Å². The highest BCUT2D eigenvalue weighted by molar-refractivity contribution is 6.30. The van der Waals surface area contributed by atoms with E-state index in [-0.39, 0.29) is 17.7 Å². The molecule has 0 spiro atoms. The minimum absolute atomic E-state index is 0.0379. The monoisotopic (exact) mass is 309 g/mol. The Morgan fingerprint density at radius 3 is 2.24 bits per heavy atom. The molecule has 0 radical (unpaired) electrons. The smallest absolute Gasteiger partial charge is 0.407 e. The van der Waals surface area contributed by atoms with Gasteiger partial charge < -0.3 is 10.1 Å². The van der Waals surface area contributed by atoms with Gasteiger partial charge in [-0.05, 0) is 70.1 Å². The zero-order chi connectivity index (χ0) is 15.5. The molecule has 0 heterocycles. The number of ether oxygens (including phenoxy) is 1. The van der Waals surface area contributed by atoms with E-state index in [4.69, 9.17) is 16.3 Å². The Morgan fingerprint density at radius 1 is 1.14 bits per heavy atom. The van der Waals surface area contributed by atoms with Crippen molar-refractivity contribution in [2.24, 2.45) is 0 Å². The lowest BCUT2D eigenvalue weighted by Gasteiger charge is -2.30. The predicted molar refractivity (Wildman–Crippen MR) is 85.8 cm³/mol. The number of carbonyl (C=O) groups is 1. The SMILES string of the molecule is CC(C)(C)NC(=O)OC1CCC(c2ccc(Cl)cc2)CC1. The molecule has 21 heavy (non-hydrogen) atoms. The summed E-state index contributed by atoms with van der Waals surface area (Å²) in [5, 5.41) is 3.61. The summed E-state index contributed by atoms with van der Waals surface area (Å²) in [5.74, 6) is 0.549. The summed E-state index contributed by atoms with van der Waals surface area (Å²) in [7, 11) is 0. The Labute approximate surface area is 132 Å². The zero-order valence-electron chi connectivity index (χ0n) is 13.0. The third-order valence-corrected chi connectivity index (χ3v) is 4.02. The molecule has 0 atom stereocenters. The van der Waals surface area contributed by atoms with E-state index < -0.39 is 0 Å². The van der Waals surface area contributed by atoms with Gasteiger partial charge in [0.1, 0.15) is 6.10 Å². The summed E-state index contributed by atoms with van der Waals surface area (Å²) < 4.78 is 5.50. The van der Waals surface area contributed by atoms with Crippen molar-refractivity contribution in [3.05, 3.63) is 34.9 Å². The van der Waals surface area contributed by atoms with Crippen LogP contribution in [0.4, 0.5) is 4.79 Å². The van der Waals surface area contributed by atoms with Crippen LogP contribution in [0.5, 0.6) is 0 Å². The summed E-state index contributed by atoms with van der Waals surface area (Å²) >= 11 is 5.92. The molecule has 1 aromatic carbocycles. The standard InChI is InChI=1S/C17H24ClNO2/c1-17(2,3)19-16(20)21-15-10-6-13(7-11-15)12-4-8-14(18)9-5-12/h4-5,8-9,13,15H,6-7,10-11H2,1-3H3,(H,19,20). The third-order valence-electron chi connectivity index (χ3n) is 3.77. The number of carbonyl (C=O) groups excluding carboxylic acids is 1. The van der Waals surface area contributed by atoms with Crippen LogP contribution in [0, 0.1) is 0 Å². The van der Waals surface area contributed by atoms with Crippen molar-refractivity contribution in [1.29, 1.82) is 0 Å². The van der Waals surface area contributed by atoms with E-state index in [9.17, 15) is 4.79 Å². The maximum absolute atomic E-state index is 11.8.